The zero-order valence-electron chi connectivity index (χ0n) is 11.6. The van der Waals surface area contributed by atoms with E-state index in [2.05, 4.69) is 0 Å². The highest BCUT2D eigenvalue weighted by Crippen LogP contribution is 2.26. The van der Waals surface area contributed by atoms with Gasteiger partial charge >= 0.3 is 0 Å². The van der Waals surface area contributed by atoms with Crippen molar-refractivity contribution in [2.24, 2.45) is 5.84 Å². The van der Waals surface area contributed by atoms with Gasteiger partial charge in [0.05, 0.1) is 0 Å². The maximum atomic E-state index is 13.7. The van der Waals surface area contributed by atoms with Gasteiger partial charge in [-0.05, 0) is 45.2 Å². The van der Waals surface area contributed by atoms with Gasteiger partial charge in [-0.2, -0.15) is 0 Å². The van der Waals surface area contributed by atoms with Crippen LogP contribution in [0.3, 0.4) is 0 Å². The highest BCUT2D eigenvalue weighted by atomic mass is 19.1. The third-order valence-electron chi connectivity index (χ3n) is 3.86. The van der Waals surface area contributed by atoms with Gasteiger partial charge in [-0.1, -0.05) is 0 Å². The molecule has 4 nitrogen and oxygen atoms in total. The first-order valence-corrected chi connectivity index (χ1v) is 6.74. The van der Waals surface area contributed by atoms with Crippen molar-refractivity contribution in [3.8, 4) is 0 Å². The lowest BCUT2D eigenvalue weighted by Gasteiger charge is -2.39. The molecule has 6 heteroatoms. The highest BCUT2D eigenvalue weighted by molar-refractivity contribution is 5.95. The lowest BCUT2D eigenvalue weighted by atomic mass is 9.96. The Morgan fingerprint density at radius 2 is 1.75 bits per heavy atom. The average molecular weight is 283 g/mol. The van der Waals surface area contributed by atoms with Crippen LogP contribution in [0.5, 0.6) is 0 Å². The molecule has 3 N–H and O–H groups in total. The molecule has 1 amide bonds. The fourth-order valence-corrected chi connectivity index (χ4v) is 2.81. The number of piperidine rings is 1. The van der Waals surface area contributed by atoms with Gasteiger partial charge in [0.1, 0.15) is 5.69 Å². The fourth-order valence-electron chi connectivity index (χ4n) is 2.81. The lowest BCUT2D eigenvalue weighted by Crippen LogP contribution is -2.47. The van der Waals surface area contributed by atoms with E-state index in [1.165, 1.54) is 0 Å². The van der Waals surface area contributed by atoms with E-state index in [0.717, 1.165) is 31.4 Å². The Balaban J connectivity index is 2.33. The van der Waals surface area contributed by atoms with Crippen LogP contribution in [-0.4, -0.2) is 22.9 Å². The van der Waals surface area contributed by atoms with Gasteiger partial charge in [0.2, 0.25) is 0 Å². The molecule has 0 spiro atoms. The van der Waals surface area contributed by atoms with Crippen LogP contribution in [0.25, 0.3) is 0 Å². The molecule has 0 radical (unpaired) electrons. The summed E-state index contributed by atoms with van der Waals surface area (Å²) in [7, 11) is 0. The molecule has 2 atom stereocenters. The number of anilines is 1. The number of carbonyl (C=O) groups is 1. The van der Waals surface area contributed by atoms with Crippen molar-refractivity contribution in [3.05, 3.63) is 29.3 Å². The summed E-state index contributed by atoms with van der Waals surface area (Å²) in [6.07, 6.45) is 2.87. The number of nitrogens with two attached hydrogens (primary N) is 1. The summed E-state index contributed by atoms with van der Waals surface area (Å²) in [5.41, 5.74) is 1.54. The Labute approximate surface area is 116 Å². The molecule has 1 aromatic rings. The summed E-state index contributed by atoms with van der Waals surface area (Å²) in [6.45, 7) is 3.91. The number of halogens is 2. The van der Waals surface area contributed by atoms with E-state index in [1.807, 2.05) is 19.3 Å². The van der Waals surface area contributed by atoms with E-state index in [0.29, 0.717) is 0 Å². The summed E-state index contributed by atoms with van der Waals surface area (Å²) in [4.78, 5) is 14.2. The second-order valence-corrected chi connectivity index (χ2v) is 5.30. The number of nitrogens with zero attached hydrogens (tertiary/aromatic N) is 1. The molecule has 20 heavy (non-hydrogen) atoms. The van der Waals surface area contributed by atoms with Crippen LogP contribution in [0.1, 0.15) is 43.5 Å². The number of nitrogen functional groups attached to an aromatic ring is 1. The summed E-state index contributed by atoms with van der Waals surface area (Å²) >= 11 is 0. The van der Waals surface area contributed by atoms with Crippen molar-refractivity contribution in [1.29, 1.82) is 0 Å². The molecule has 0 aliphatic carbocycles. The number of hydrogen-bond donors (Lipinski definition) is 2. The van der Waals surface area contributed by atoms with Gasteiger partial charge in [-0.3, -0.25) is 10.6 Å². The predicted octanol–water partition coefficient (Wildman–Crippen LogP) is 2.65. The average Bonchev–Trinajstić information content (AvgIpc) is 2.37. The smallest absolute Gasteiger partial charge is 0.254 e. The minimum absolute atomic E-state index is 0.0135. The van der Waals surface area contributed by atoms with Crippen molar-refractivity contribution < 1.29 is 13.6 Å². The molecular weight excluding hydrogens is 264 g/mol. The summed E-state index contributed by atoms with van der Waals surface area (Å²) in [6, 6.07) is 2.19. The third-order valence-corrected chi connectivity index (χ3v) is 3.86. The van der Waals surface area contributed by atoms with Crippen molar-refractivity contribution >= 4 is 11.6 Å². The number of hydrazine groups is 1. The molecule has 2 rings (SSSR count). The predicted molar refractivity (Wildman–Crippen MR) is 73.1 cm³/mol. The number of carbonyl (C=O) groups excluding carboxylic acids is 1. The molecule has 1 heterocycles. The molecule has 0 bridgehead atoms. The molecule has 0 aromatic heterocycles. The van der Waals surface area contributed by atoms with E-state index in [9.17, 15) is 13.6 Å². The molecule has 1 aromatic carbocycles. The number of benzene rings is 1. The first kappa shape index (κ1) is 14.7. The van der Waals surface area contributed by atoms with Crippen LogP contribution in [-0.2, 0) is 0 Å². The van der Waals surface area contributed by atoms with Crippen molar-refractivity contribution in [3.63, 3.8) is 0 Å². The third kappa shape index (κ3) is 2.60. The molecule has 0 saturated carbocycles. The number of rotatable bonds is 2. The quantitative estimate of drug-likeness (QED) is 0.648. The highest BCUT2D eigenvalue weighted by Gasteiger charge is 2.30. The molecule has 1 aliphatic rings. The van der Waals surface area contributed by atoms with Crippen LogP contribution in [0.2, 0.25) is 0 Å². The molecule has 1 fully saturated rings. The number of hydrogen-bond acceptors (Lipinski definition) is 3. The first-order valence-electron chi connectivity index (χ1n) is 6.74. The van der Waals surface area contributed by atoms with Gasteiger partial charge in [0.25, 0.3) is 5.91 Å². The van der Waals surface area contributed by atoms with E-state index in [-0.39, 0.29) is 23.6 Å². The van der Waals surface area contributed by atoms with Crippen molar-refractivity contribution in [2.75, 3.05) is 5.43 Å². The van der Waals surface area contributed by atoms with E-state index in [1.54, 1.807) is 4.90 Å². The largest absolute Gasteiger partial charge is 0.333 e. The molecule has 110 valence electrons. The standard InChI is InChI=1S/C14H19F2N3O/c1-8-4-3-5-9(2)19(8)14(20)10-6-11(15)13(18-17)12(16)7-10/h6-9,18H,3-5,17H2,1-2H3. The zero-order valence-corrected chi connectivity index (χ0v) is 11.6. The van der Waals surface area contributed by atoms with Gasteiger partial charge in [-0.15, -0.1) is 0 Å². The monoisotopic (exact) mass is 283 g/mol. The zero-order chi connectivity index (χ0) is 14.9. The Morgan fingerprint density at radius 1 is 1.25 bits per heavy atom. The van der Waals surface area contributed by atoms with Gasteiger partial charge in [0, 0.05) is 17.6 Å². The second-order valence-electron chi connectivity index (χ2n) is 5.30. The van der Waals surface area contributed by atoms with E-state index < -0.39 is 17.3 Å². The van der Waals surface area contributed by atoms with E-state index in [4.69, 9.17) is 5.84 Å². The van der Waals surface area contributed by atoms with Crippen LogP contribution in [0.15, 0.2) is 12.1 Å². The van der Waals surface area contributed by atoms with Gasteiger partial charge in [-0.25, -0.2) is 8.78 Å². The molecular formula is C14H19F2N3O. The van der Waals surface area contributed by atoms with Crippen molar-refractivity contribution in [2.45, 2.75) is 45.2 Å². The van der Waals surface area contributed by atoms with Crippen LogP contribution >= 0.6 is 0 Å². The van der Waals surface area contributed by atoms with Crippen LogP contribution in [0.4, 0.5) is 14.5 Å². The number of likely N-dealkylation sites (tertiary alicyclic amines) is 1. The second kappa shape index (κ2) is 5.75. The number of nitrogens with one attached hydrogen (secondary N) is 1. The topological polar surface area (TPSA) is 58.4 Å². The Kier molecular flexibility index (Phi) is 4.23. The summed E-state index contributed by atoms with van der Waals surface area (Å²) < 4.78 is 27.4. The Morgan fingerprint density at radius 3 is 2.20 bits per heavy atom. The SMILES string of the molecule is CC1CCCC(C)N1C(=O)c1cc(F)c(NN)c(F)c1. The number of amides is 1. The molecule has 1 aliphatic heterocycles. The molecule has 2 unspecified atom stereocenters. The van der Waals surface area contributed by atoms with Gasteiger partial charge in [0.15, 0.2) is 11.6 Å². The fraction of sp³-hybridized carbons (Fsp3) is 0.500. The summed E-state index contributed by atoms with van der Waals surface area (Å²) in [5, 5.41) is 0. The van der Waals surface area contributed by atoms with Gasteiger partial charge < -0.3 is 10.3 Å². The maximum Gasteiger partial charge on any atom is 0.254 e. The minimum Gasteiger partial charge on any atom is -0.333 e. The Bertz CT molecular complexity index is 488. The maximum absolute atomic E-state index is 13.7. The Hall–Kier alpha value is -1.69. The molecule has 1 saturated heterocycles. The minimum atomic E-state index is -0.867. The van der Waals surface area contributed by atoms with Crippen LogP contribution in [0, 0.1) is 11.6 Å². The summed E-state index contributed by atoms with van der Waals surface area (Å²) in [5.74, 6) is 2.96. The van der Waals surface area contributed by atoms with Crippen molar-refractivity contribution in [1.82, 2.24) is 4.90 Å². The first-order chi connectivity index (χ1) is 9.45. The normalized spacial score (nSPS) is 22.8. The lowest BCUT2D eigenvalue weighted by molar-refractivity contribution is 0.0510. The van der Waals surface area contributed by atoms with Crippen LogP contribution < -0.4 is 11.3 Å². The van der Waals surface area contributed by atoms with E-state index >= 15 is 0 Å².